The topological polar surface area (TPSA) is 81.1 Å². The molecule has 0 aliphatic carbocycles. The van der Waals surface area contributed by atoms with Crippen LogP contribution < -0.4 is 4.72 Å². The van der Waals surface area contributed by atoms with Crippen LogP contribution in [0.5, 0.6) is 0 Å². The molecule has 0 radical (unpaired) electrons. The van der Waals surface area contributed by atoms with Crippen molar-refractivity contribution in [3.63, 3.8) is 0 Å². The van der Waals surface area contributed by atoms with Crippen LogP contribution in [0.25, 0.3) is 0 Å². The van der Waals surface area contributed by atoms with Crippen molar-refractivity contribution < 1.29 is 13.2 Å². The van der Waals surface area contributed by atoms with Gasteiger partial charge in [0.1, 0.15) is 0 Å². The molecule has 1 heterocycles. The number of amides is 1. The zero-order valence-electron chi connectivity index (χ0n) is 14.2. The van der Waals surface area contributed by atoms with Gasteiger partial charge in [0.25, 0.3) is 15.9 Å². The fraction of sp³-hybridized carbons (Fsp3) is 0.375. The maximum absolute atomic E-state index is 12.7. The number of carbonyl (C=O) groups excluding carboxylic acids is 1. The first-order chi connectivity index (χ1) is 10.5. The summed E-state index contributed by atoms with van der Waals surface area (Å²) >= 11 is 0. The van der Waals surface area contributed by atoms with Crippen molar-refractivity contribution in [2.24, 2.45) is 7.05 Å². The van der Waals surface area contributed by atoms with Crippen LogP contribution in [0.1, 0.15) is 38.3 Å². The largest absolute Gasteiger partial charge is 0.275 e. The van der Waals surface area contributed by atoms with E-state index in [9.17, 15) is 13.2 Å². The van der Waals surface area contributed by atoms with Gasteiger partial charge in [0.2, 0.25) is 0 Å². The molecular formula is C16H21N3O3S. The average Bonchev–Trinajstić information content (AvgIpc) is 2.75. The Labute approximate surface area is 136 Å². The van der Waals surface area contributed by atoms with Crippen molar-refractivity contribution >= 4 is 15.9 Å². The third kappa shape index (κ3) is 3.14. The first-order valence-corrected chi connectivity index (χ1v) is 8.67. The summed E-state index contributed by atoms with van der Waals surface area (Å²) in [6.07, 6.45) is 1.50. The number of aromatic nitrogens is 2. The highest BCUT2D eigenvalue weighted by Crippen LogP contribution is 2.26. The summed E-state index contributed by atoms with van der Waals surface area (Å²) in [6, 6.07) is 1.94. The van der Waals surface area contributed by atoms with E-state index in [1.165, 1.54) is 10.9 Å². The van der Waals surface area contributed by atoms with Gasteiger partial charge in [-0.2, -0.15) is 5.10 Å². The predicted molar refractivity (Wildman–Crippen MR) is 88.0 cm³/mol. The van der Waals surface area contributed by atoms with Gasteiger partial charge in [-0.3, -0.25) is 9.48 Å². The third-order valence-corrected chi connectivity index (χ3v) is 5.66. The van der Waals surface area contributed by atoms with Crippen molar-refractivity contribution in [3.8, 4) is 0 Å². The van der Waals surface area contributed by atoms with Gasteiger partial charge < -0.3 is 0 Å². The molecule has 0 saturated carbocycles. The van der Waals surface area contributed by atoms with Crippen LogP contribution >= 0.6 is 0 Å². The Balaban J connectivity index is 2.48. The molecule has 1 aromatic carbocycles. The van der Waals surface area contributed by atoms with Crippen LogP contribution in [0.2, 0.25) is 0 Å². The van der Waals surface area contributed by atoms with E-state index < -0.39 is 15.9 Å². The molecule has 23 heavy (non-hydrogen) atoms. The highest BCUT2D eigenvalue weighted by molar-refractivity contribution is 7.90. The molecule has 2 rings (SSSR count). The second kappa shape index (κ2) is 5.81. The van der Waals surface area contributed by atoms with Crippen molar-refractivity contribution in [1.29, 1.82) is 0 Å². The van der Waals surface area contributed by atoms with Gasteiger partial charge in [-0.05, 0) is 56.9 Å². The molecule has 0 unspecified atom stereocenters. The van der Waals surface area contributed by atoms with E-state index in [0.29, 0.717) is 16.8 Å². The second-order valence-corrected chi connectivity index (χ2v) is 7.45. The van der Waals surface area contributed by atoms with Crippen molar-refractivity contribution in [1.82, 2.24) is 14.5 Å². The molecule has 1 amide bonds. The molecule has 7 heteroatoms. The maximum Gasteiger partial charge on any atom is 0.268 e. The van der Waals surface area contributed by atoms with Gasteiger partial charge in [-0.25, -0.2) is 13.1 Å². The molecule has 0 spiro atoms. The molecule has 6 nitrogen and oxygen atoms in total. The fourth-order valence-electron chi connectivity index (χ4n) is 2.63. The highest BCUT2D eigenvalue weighted by atomic mass is 32.2. The molecule has 1 N–H and O–H groups in total. The van der Waals surface area contributed by atoms with Gasteiger partial charge in [0.05, 0.1) is 16.2 Å². The summed E-state index contributed by atoms with van der Waals surface area (Å²) in [7, 11) is -2.28. The predicted octanol–water partition coefficient (Wildman–Crippen LogP) is 2.08. The summed E-state index contributed by atoms with van der Waals surface area (Å²) in [5.41, 5.74) is 3.77. The van der Waals surface area contributed by atoms with E-state index in [-0.39, 0.29) is 10.5 Å². The molecule has 2 aromatic rings. The Morgan fingerprint density at radius 3 is 2.04 bits per heavy atom. The quantitative estimate of drug-likeness (QED) is 0.931. The summed E-state index contributed by atoms with van der Waals surface area (Å²) < 4.78 is 29.1. The van der Waals surface area contributed by atoms with E-state index in [1.807, 2.05) is 19.9 Å². The summed E-state index contributed by atoms with van der Waals surface area (Å²) in [4.78, 5) is 12.5. The van der Waals surface area contributed by atoms with E-state index in [2.05, 4.69) is 9.82 Å². The monoisotopic (exact) mass is 335 g/mol. The number of rotatable bonds is 3. The number of carbonyl (C=O) groups is 1. The standard InChI is InChI=1S/C16H21N3O3S/c1-9-7-10(2)12(4)15(11(9)3)23(21,22)18-16(20)14-8-19(6)17-13(14)5/h7-8H,1-6H3,(H,18,20). The Morgan fingerprint density at radius 2 is 1.61 bits per heavy atom. The summed E-state index contributed by atoms with van der Waals surface area (Å²) in [5, 5.41) is 4.06. The molecule has 0 atom stereocenters. The lowest BCUT2D eigenvalue weighted by atomic mass is 10.0. The lowest BCUT2D eigenvalue weighted by molar-refractivity contribution is 0.0980. The third-order valence-electron chi connectivity index (χ3n) is 4.05. The first-order valence-electron chi connectivity index (χ1n) is 7.19. The van der Waals surface area contributed by atoms with Gasteiger partial charge in [-0.15, -0.1) is 0 Å². The van der Waals surface area contributed by atoms with Gasteiger partial charge in [0.15, 0.2) is 0 Å². The first kappa shape index (κ1) is 17.2. The zero-order valence-corrected chi connectivity index (χ0v) is 15.0. The van der Waals surface area contributed by atoms with Crippen molar-refractivity contribution in [2.45, 2.75) is 39.5 Å². The number of sulfonamides is 1. The Hall–Kier alpha value is -2.15. The SMILES string of the molecule is Cc1cc(C)c(C)c(S(=O)(=O)NC(=O)c2cn(C)nc2C)c1C. The van der Waals surface area contributed by atoms with Crippen LogP contribution in [0, 0.1) is 34.6 Å². The number of aryl methyl sites for hydroxylation is 4. The van der Waals surface area contributed by atoms with Crippen LogP contribution in [0.15, 0.2) is 17.2 Å². The highest BCUT2D eigenvalue weighted by Gasteiger charge is 2.26. The number of hydrogen-bond acceptors (Lipinski definition) is 4. The van der Waals surface area contributed by atoms with Gasteiger partial charge in [0, 0.05) is 13.2 Å². The number of nitrogens with zero attached hydrogens (tertiary/aromatic N) is 2. The minimum Gasteiger partial charge on any atom is -0.275 e. The van der Waals surface area contributed by atoms with Crippen LogP contribution in [-0.2, 0) is 17.1 Å². The molecule has 1 aromatic heterocycles. The lowest BCUT2D eigenvalue weighted by Gasteiger charge is -2.16. The number of hydrogen-bond donors (Lipinski definition) is 1. The maximum atomic E-state index is 12.7. The number of nitrogens with one attached hydrogen (secondary N) is 1. The molecule has 0 aliphatic heterocycles. The minimum atomic E-state index is -3.96. The molecule has 0 saturated heterocycles. The van der Waals surface area contributed by atoms with Crippen LogP contribution in [0.3, 0.4) is 0 Å². The summed E-state index contributed by atoms with van der Waals surface area (Å²) in [5.74, 6) is -0.673. The second-order valence-electron chi connectivity index (χ2n) is 5.83. The Kier molecular flexibility index (Phi) is 4.34. The van der Waals surface area contributed by atoms with Crippen molar-refractivity contribution in [2.75, 3.05) is 0 Å². The van der Waals surface area contributed by atoms with E-state index in [0.717, 1.165) is 11.1 Å². The van der Waals surface area contributed by atoms with Gasteiger partial charge >= 0.3 is 0 Å². The molecule has 0 fully saturated rings. The smallest absolute Gasteiger partial charge is 0.268 e. The van der Waals surface area contributed by atoms with Crippen LogP contribution in [-0.4, -0.2) is 24.1 Å². The molecule has 0 bridgehead atoms. The zero-order chi connectivity index (χ0) is 17.5. The minimum absolute atomic E-state index is 0.171. The summed E-state index contributed by atoms with van der Waals surface area (Å²) in [6.45, 7) is 8.86. The Morgan fingerprint density at radius 1 is 1.09 bits per heavy atom. The van der Waals surface area contributed by atoms with Gasteiger partial charge in [-0.1, -0.05) is 6.07 Å². The molecular weight excluding hydrogens is 314 g/mol. The number of benzene rings is 1. The van der Waals surface area contributed by atoms with E-state index >= 15 is 0 Å². The average molecular weight is 335 g/mol. The van der Waals surface area contributed by atoms with E-state index in [4.69, 9.17) is 0 Å². The fourth-order valence-corrected chi connectivity index (χ4v) is 4.22. The molecule has 0 aliphatic rings. The Bertz CT molecular complexity index is 870. The van der Waals surface area contributed by atoms with Crippen molar-refractivity contribution in [3.05, 3.63) is 45.8 Å². The van der Waals surface area contributed by atoms with Crippen LogP contribution in [0.4, 0.5) is 0 Å². The molecule has 124 valence electrons. The van der Waals surface area contributed by atoms with E-state index in [1.54, 1.807) is 27.8 Å². The normalized spacial score (nSPS) is 11.6. The lowest BCUT2D eigenvalue weighted by Crippen LogP contribution is -2.32.